The lowest BCUT2D eigenvalue weighted by molar-refractivity contribution is 0.0471. The van der Waals surface area contributed by atoms with Crippen LogP contribution >= 0.6 is 11.6 Å². The van der Waals surface area contributed by atoms with Gasteiger partial charge in [-0.05, 0) is 36.4 Å². The molecule has 120 valence electrons. The summed E-state index contributed by atoms with van der Waals surface area (Å²) in [5.74, 6) is -2.52. The zero-order valence-corrected chi connectivity index (χ0v) is 12.8. The Morgan fingerprint density at radius 1 is 1.22 bits per heavy atom. The summed E-state index contributed by atoms with van der Waals surface area (Å²) >= 11 is 5.66. The Morgan fingerprint density at radius 2 is 1.96 bits per heavy atom. The molecule has 0 heterocycles. The molecule has 0 radical (unpaired) electrons. The van der Waals surface area contributed by atoms with Gasteiger partial charge in [0.2, 0.25) is 0 Å². The topological polar surface area (TPSA) is 72.8 Å². The number of rotatable bonds is 5. The molecule has 0 unspecified atom stereocenters. The lowest BCUT2D eigenvalue weighted by atomic mass is 10.1. The fourth-order valence-electron chi connectivity index (χ4n) is 1.81. The molecule has 1 N–H and O–H groups in total. The summed E-state index contributed by atoms with van der Waals surface area (Å²) in [5, 5.41) is 9.86. The van der Waals surface area contributed by atoms with Crippen LogP contribution in [0.2, 0.25) is 5.02 Å². The second-order valence-corrected chi connectivity index (χ2v) is 4.95. The van der Waals surface area contributed by atoms with Crippen molar-refractivity contribution in [3.63, 3.8) is 0 Å². The summed E-state index contributed by atoms with van der Waals surface area (Å²) in [6.45, 7) is -0.591. The number of benzene rings is 2. The Bertz CT molecular complexity index is 760. The lowest BCUT2D eigenvalue weighted by Crippen LogP contribution is -2.14. The van der Waals surface area contributed by atoms with Crippen LogP contribution in [0, 0.1) is 5.82 Å². The molecule has 0 bridgehead atoms. The van der Waals surface area contributed by atoms with Crippen molar-refractivity contribution in [1.29, 1.82) is 0 Å². The van der Waals surface area contributed by atoms with Gasteiger partial charge in [0.15, 0.2) is 24.0 Å². The number of carbonyl (C=O) groups is 2. The van der Waals surface area contributed by atoms with E-state index in [-0.39, 0.29) is 27.6 Å². The number of phenols is 1. The maximum absolute atomic E-state index is 13.5. The number of hydrogen-bond donors (Lipinski definition) is 1. The number of ketones is 1. The second-order valence-electron chi connectivity index (χ2n) is 4.51. The van der Waals surface area contributed by atoms with Crippen LogP contribution < -0.4 is 4.74 Å². The average Bonchev–Trinajstić information content (AvgIpc) is 2.52. The molecule has 2 aromatic rings. The van der Waals surface area contributed by atoms with Crippen molar-refractivity contribution < 1.29 is 28.6 Å². The Hall–Kier alpha value is -2.60. The standard InChI is InChI=1S/C16H12ClFO5/c1-22-15-5-2-9(6-12(15)18)14(20)8-23-16(21)11-4-3-10(17)7-13(11)19/h2-7,19H,8H2,1H3. The van der Waals surface area contributed by atoms with Gasteiger partial charge in [-0.2, -0.15) is 0 Å². The highest BCUT2D eigenvalue weighted by molar-refractivity contribution is 6.30. The van der Waals surface area contributed by atoms with Crippen LogP contribution in [-0.2, 0) is 4.74 Å². The first-order chi connectivity index (χ1) is 10.9. The van der Waals surface area contributed by atoms with Crippen LogP contribution in [0.25, 0.3) is 0 Å². The predicted molar refractivity (Wildman–Crippen MR) is 80.7 cm³/mol. The van der Waals surface area contributed by atoms with Gasteiger partial charge >= 0.3 is 5.97 Å². The average molecular weight is 339 g/mol. The van der Waals surface area contributed by atoms with Crippen molar-refractivity contribution in [3.8, 4) is 11.5 Å². The van der Waals surface area contributed by atoms with E-state index in [9.17, 15) is 19.1 Å². The molecular formula is C16H12ClFO5. The van der Waals surface area contributed by atoms with E-state index in [0.717, 1.165) is 6.07 Å². The molecule has 0 saturated carbocycles. The number of hydrogen-bond acceptors (Lipinski definition) is 5. The lowest BCUT2D eigenvalue weighted by Gasteiger charge is -2.07. The van der Waals surface area contributed by atoms with Crippen molar-refractivity contribution in [2.45, 2.75) is 0 Å². The monoisotopic (exact) mass is 338 g/mol. The Kier molecular flexibility index (Phi) is 5.18. The van der Waals surface area contributed by atoms with Crippen LogP contribution in [0.4, 0.5) is 4.39 Å². The van der Waals surface area contributed by atoms with E-state index in [4.69, 9.17) is 21.1 Å². The highest BCUT2D eigenvalue weighted by Crippen LogP contribution is 2.23. The summed E-state index contributed by atoms with van der Waals surface area (Å²) in [6.07, 6.45) is 0. The van der Waals surface area contributed by atoms with Gasteiger partial charge in [0.1, 0.15) is 11.3 Å². The minimum Gasteiger partial charge on any atom is -0.507 e. The van der Waals surface area contributed by atoms with Gasteiger partial charge in [-0.25, -0.2) is 9.18 Å². The molecule has 0 spiro atoms. The van der Waals surface area contributed by atoms with Gasteiger partial charge in [-0.15, -0.1) is 0 Å². The van der Waals surface area contributed by atoms with E-state index in [1.54, 1.807) is 0 Å². The molecule has 23 heavy (non-hydrogen) atoms. The quantitative estimate of drug-likeness (QED) is 0.669. The first-order valence-electron chi connectivity index (χ1n) is 6.44. The van der Waals surface area contributed by atoms with Crippen molar-refractivity contribution in [2.75, 3.05) is 13.7 Å². The summed E-state index contributed by atoms with van der Waals surface area (Å²) in [4.78, 5) is 23.7. The van der Waals surface area contributed by atoms with Gasteiger partial charge in [-0.3, -0.25) is 4.79 Å². The predicted octanol–water partition coefficient (Wildman–Crippen LogP) is 3.23. The Labute approximate surface area is 136 Å². The fraction of sp³-hybridized carbons (Fsp3) is 0.125. The molecule has 5 nitrogen and oxygen atoms in total. The van der Waals surface area contributed by atoms with E-state index in [1.807, 2.05) is 0 Å². The molecule has 0 atom stereocenters. The molecule has 0 fully saturated rings. The first kappa shape index (κ1) is 16.8. The first-order valence-corrected chi connectivity index (χ1v) is 6.82. The molecule has 0 aromatic heterocycles. The van der Waals surface area contributed by atoms with Crippen LogP contribution in [0.3, 0.4) is 0 Å². The van der Waals surface area contributed by atoms with Crippen molar-refractivity contribution in [2.24, 2.45) is 0 Å². The summed E-state index contributed by atoms with van der Waals surface area (Å²) in [6, 6.07) is 7.51. The van der Waals surface area contributed by atoms with E-state index < -0.39 is 24.2 Å². The van der Waals surface area contributed by atoms with Crippen LogP contribution in [-0.4, -0.2) is 30.6 Å². The number of halogens is 2. The van der Waals surface area contributed by atoms with Crippen LogP contribution in [0.15, 0.2) is 36.4 Å². The minimum atomic E-state index is -0.887. The molecule has 0 aliphatic carbocycles. The maximum atomic E-state index is 13.5. The van der Waals surface area contributed by atoms with Crippen molar-refractivity contribution >= 4 is 23.4 Å². The molecule has 0 saturated heterocycles. The maximum Gasteiger partial charge on any atom is 0.342 e. The van der Waals surface area contributed by atoms with Crippen LogP contribution in [0.1, 0.15) is 20.7 Å². The molecular weight excluding hydrogens is 327 g/mol. The third-order valence-electron chi connectivity index (χ3n) is 2.99. The largest absolute Gasteiger partial charge is 0.507 e. The summed E-state index contributed by atoms with van der Waals surface area (Å²) in [5.41, 5.74) is -0.0838. The highest BCUT2D eigenvalue weighted by Gasteiger charge is 2.16. The normalized spacial score (nSPS) is 10.2. The molecule has 0 aliphatic heterocycles. The van der Waals surface area contributed by atoms with E-state index >= 15 is 0 Å². The zero-order valence-electron chi connectivity index (χ0n) is 12.0. The molecule has 0 amide bonds. The molecule has 2 aromatic carbocycles. The van der Waals surface area contributed by atoms with Gasteiger partial charge in [-0.1, -0.05) is 11.6 Å². The third-order valence-corrected chi connectivity index (χ3v) is 3.22. The minimum absolute atomic E-state index is 0.00429. The van der Waals surface area contributed by atoms with Gasteiger partial charge in [0.25, 0.3) is 0 Å². The number of phenolic OH excluding ortho intramolecular Hbond substituents is 1. The van der Waals surface area contributed by atoms with E-state index in [0.29, 0.717) is 0 Å². The highest BCUT2D eigenvalue weighted by atomic mass is 35.5. The number of esters is 1. The second kappa shape index (κ2) is 7.11. The van der Waals surface area contributed by atoms with E-state index in [1.165, 1.54) is 37.4 Å². The number of Topliss-reactive ketones (excluding diaryl/α,β-unsaturated/α-hetero) is 1. The van der Waals surface area contributed by atoms with Crippen LogP contribution in [0.5, 0.6) is 11.5 Å². The number of methoxy groups -OCH3 is 1. The number of aromatic hydroxyl groups is 1. The van der Waals surface area contributed by atoms with Gasteiger partial charge in [0.05, 0.1) is 7.11 Å². The summed E-state index contributed by atoms with van der Waals surface area (Å²) < 4.78 is 23.1. The molecule has 2 rings (SSSR count). The number of ether oxygens (including phenoxy) is 2. The SMILES string of the molecule is COc1ccc(C(=O)COC(=O)c2ccc(Cl)cc2O)cc1F. The molecule has 7 heteroatoms. The smallest absolute Gasteiger partial charge is 0.342 e. The third kappa shape index (κ3) is 3.98. The zero-order chi connectivity index (χ0) is 17.0. The Balaban J connectivity index is 2.04. The van der Waals surface area contributed by atoms with E-state index in [2.05, 4.69) is 0 Å². The van der Waals surface area contributed by atoms with Gasteiger partial charge < -0.3 is 14.6 Å². The van der Waals surface area contributed by atoms with Crippen molar-refractivity contribution in [1.82, 2.24) is 0 Å². The fourth-order valence-corrected chi connectivity index (χ4v) is 1.98. The summed E-state index contributed by atoms with van der Waals surface area (Å²) in [7, 11) is 1.31. The molecule has 0 aliphatic rings. The van der Waals surface area contributed by atoms with Gasteiger partial charge in [0, 0.05) is 10.6 Å². The number of carbonyl (C=O) groups excluding carboxylic acids is 2. The Morgan fingerprint density at radius 3 is 2.57 bits per heavy atom. The van der Waals surface area contributed by atoms with Crippen molar-refractivity contribution in [3.05, 3.63) is 58.4 Å².